The van der Waals surface area contributed by atoms with E-state index in [0.717, 1.165) is 22.0 Å². The molecule has 5 heteroatoms. The van der Waals surface area contributed by atoms with Gasteiger partial charge in [-0.05, 0) is 30.3 Å². The minimum atomic E-state index is 0.683. The summed E-state index contributed by atoms with van der Waals surface area (Å²) in [5, 5.41) is 5.25. The lowest BCUT2D eigenvalue weighted by Gasteiger charge is -2.06. The van der Waals surface area contributed by atoms with Gasteiger partial charge >= 0.3 is 0 Å². The highest BCUT2D eigenvalue weighted by Gasteiger charge is 2.07. The summed E-state index contributed by atoms with van der Waals surface area (Å²) in [7, 11) is 0. The second-order valence-electron chi connectivity index (χ2n) is 4.53. The van der Waals surface area contributed by atoms with Crippen LogP contribution in [-0.4, -0.2) is 9.78 Å². The van der Waals surface area contributed by atoms with Crippen molar-refractivity contribution in [1.29, 1.82) is 0 Å². The molecule has 3 rings (SSSR count). The zero-order chi connectivity index (χ0) is 14.7. The molecular weight excluding hydrogens is 302 g/mol. The van der Waals surface area contributed by atoms with Crippen molar-refractivity contribution in [1.82, 2.24) is 9.78 Å². The van der Waals surface area contributed by atoms with Crippen LogP contribution in [0, 0.1) is 0 Å². The predicted octanol–water partition coefficient (Wildman–Crippen LogP) is 4.40. The van der Waals surface area contributed by atoms with Crippen molar-refractivity contribution in [2.24, 2.45) is 0 Å². The molecule has 0 aliphatic carbocycles. The predicted molar refractivity (Wildman–Crippen MR) is 89.0 cm³/mol. The lowest BCUT2D eigenvalue weighted by atomic mass is 10.3. The Hall–Kier alpha value is -1.91. The first-order valence-corrected chi connectivity index (χ1v) is 7.87. The number of halogens is 1. The first-order chi connectivity index (χ1) is 10.2. The van der Waals surface area contributed by atoms with Crippen LogP contribution in [0.1, 0.15) is 5.69 Å². The monoisotopic (exact) mass is 315 g/mol. The fourth-order valence-electron chi connectivity index (χ4n) is 1.99. The molecule has 0 aliphatic rings. The van der Waals surface area contributed by atoms with Crippen molar-refractivity contribution in [3.05, 3.63) is 71.5 Å². The van der Waals surface area contributed by atoms with Crippen LogP contribution in [0.4, 0.5) is 5.69 Å². The molecule has 0 amide bonds. The Bertz CT molecular complexity index is 720. The van der Waals surface area contributed by atoms with Gasteiger partial charge in [0.1, 0.15) is 0 Å². The summed E-state index contributed by atoms with van der Waals surface area (Å²) >= 11 is 7.77. The number of rotatable bonds is 4. The van der Waals surface area contributed by atoms with E-state index in [9.17, 15) is 0 Å². The van der Waals surface area contributed by atoms with Gasteiger partial charge in [0.25, 0.3) is 0 Å². The van der Waals surface area contributed by atoms with Crippen LogP contribution in [0.5, 0.6) is 0 Å². The molecule has 0 saturated heterocycles. The van der Waals surface area contributed by atoms with Gasteiger partial charge in [-0.15, -0.1) is 11.8 Å². The highest BCUT2D eigenvalue weighted by Crippen LogP contribution is 2.34. The number of thioether (sulfide) groups is 1. The smallest absolute Gasteiger partial charge is 0.0731 e. The first-order valence-electron chi connectivity index (χ1n) is 6.51. The number of hydrogen-bond acceptors (Lipinski definition) is 3. The fraction of sp³-hybridized carbons (Fsp3) is 0.0625. The Labute approximate surface area is 132 Å². The maximum absolute atomic E-state index is 6.17. The fourth-order valence-corrected chi connectivity index (χ4v) is 3.22. The van der Waals surface area contributed by atoms with E-state index >= 15 is 0 Å². The quantitative estimate of drug-likeness (QED) is 0.573. The molecule has 0 fully saturated rings. The van der Waals surface area contributed by atoms with Crippen LogP contribution in [0.15, 0.2) is 65.7 Å². The van der Waals surface area contributed by atoms with Crippen molar-refractivity contribution < 1.29 is 0 Å². The average molecular weight is 316 g/mol. The minimum absolute atomic E-state index is 0.683. The maximum atomic E-state index is 6.17. The lowest BCUT2D eigenvalue weighted by molar-refractivity contribution is 0.859. The molecule has 0 bridgehead atoms. The number of nitrogens with two attached hydrogens (primary N) is 1. The molecule has 3 aromatic rings. The van der Waals surface area contributed by atoms with E-state index in [2.05, 4.69) is 5.10 Å². The molecule has 0 saturated carbocycles. The van der Waals surface area contributed by atoms with E-state index in [4.69, 9.17) is 17.3 Å². The number of benzene rings is 2. The standard InChI is InChI=1S/C16H14ClN3S/c17-14-7-4-8-15(18)16(14)21-11-12-9-10-20(19-12)13-5-2-1-3-6-13/h1-10H,11,18H2. The second-order valence-corrected chi connectivity index (χ2v) is 5.93. The molecule has 0 atom stereocenters. The third-order valence-electron chi connectivity index (χ3n) is 3.03. The number of para-hydroxylation sites is 1. The van der Waals surface area contributed by atoms with E-state index in [0.29, 0.717) is 10.7 Å². The normalized spacial score (nSPS) is 10.7. The second kappa shape index (κ2) is 6.24. The third-order valence-corrected chi connectivity index (χ3v) is 4.64. The van der Waals surface area contributed by atoms with Crippen molar-refractivity contribution >= 4 is 29.1 Å². The number of nitrogens with zero attached hydrogens (tertiary/aromatic N) is 2. The molecule has 1 aromatic heterocycles. The minimum Gasteiger partial charge on any atom is -0.398 e. The Morgan fingerprint density at radius 1 is 1.05 bits per heavy atom. The topological polar surface area (TPSA) is 43.8 Å². The van der Waals surface area contributed by atoms with Crippen molar-refractivity contribution in [2.45, 2.75) is 10.6 Å². The van der Waals surface area contributed by atoms with Gasteiger partial charge in [0.05, 0.1) is 16.4 Å². The van der Waals surface area contributed by atoms with Crippen molar-refractivity contribution in [2.75, 3.05) is 5.73 Å². The maximum Gasteiger partial charge on any atom is 0.0731 e. The average Bonchev–Trinajstić information content (AvgIpc) is 2.97. The van der Waals surface area contributed by atoms with E-state index in [1.165, 1.54) is 0 Å². The van der Waals surface area contributed by atoms with E-state index < -0.39 is 0 Å². The van der Waals surface area contributed by atoms with Crippen molar-refractivity contribution in [3.8, 4) is 5.69 Å². The van der Waals surface area contributed by atoms with Crippen LogP contribution in [0.25, 0.3) is 5.69 Å². The summed E-state index contributed by atoms with van der Waals surface area (Å²) in [6, 6.07) is 17.6. The summed E-state index contributed by atoms with van der Waals surface area (Å²) in [6.45, 7) is 0. The van der Waals surface area contributed by atoms with E-state index in [1.807, 2.05) is 65.5 Å². The molecule has 1 heterocycles. The molecule has 106 valence electrons. The molecule has 2 aromatic carbocycles. The molecule has 0 spiro atoms. The number of aromatic nitrogens is 2. The van der Waals surface area contributed by atoms with Gasteiger partial charge in [0.15, 0.2) is 0 Å². The molecule has 3 nitrogen and oxygen atoms in total. The summed E-state index contributed by atoms with van der Waals surface area (Å²) in [5.41, 5.74) is 8.69. The van der Waals surface area contributed by atoms with E-state index in [-0.39, 0.29) is 0 Å². The zero-order valence-electron chi connectivity index (χ0n) is 11.2. The molecular formula is C16H14ClN3S. The molecule has 2 N–H and O–H groups in total. The Morgan fingerprint density at radius 3 is 2.62 bits per heavy atom. The van der Waals surface area contributed by atoms with Gasteiger partial charge in [-0.2, -0.15) is 5.10 Å². The van der Waals surface area contributed by atoms with Crippen LogP contribution >= 0.6 is 23.4 Å². The summed E-state index contributed by atoms with van der Waals surface area (Å²) in [5.74, 6) is 0.730. The molecule has 0 radical (unpaired) electrons. The Balaban J connectivity index is 1.74. The SMILES string of the molecule is Nc1cccc(Cl)c1SCc1ccn(-c2ccccc2)n1. The Kier molecular flexibility index (Phi) is 4.18. The Morgan fingerprint density at radius 2 is 1.86 bits per heavy atom. The van der Waals surface area contributed by atoms with Gasteiger partial charge in [-0.3, -0.25) is 0 Å². The molecule has 0 unspecified atom stereocenters. The zero-order valence-corrected chi connectivity index (χ0v) is 12.8. The first kappa shape index (κ1) is 14.0. The lowest BCUT2D eigenvalue weighted by Crippen LogP contribution is -1.95. The molecule has 21 heavy (non-hydrogen) atoms. The van der Waals surface area contributed by atoms with Crippen LogP contribution in [-0.2, 0) is 5.75 Å². The number of hydrogen-bond donors (Lipinski definition) is 1. The largest absolute Gasteiger partial charge is 0.398 e. The van der Waals surface area contributed by atoms with Gasteiger partial charge in [-0.1, -0.05) is 35.9 Å². The van der Waals surface area contributed by atoms with Gasteiger partial charge in [-0.25, -0.2) is 4.68 Å². The summed E-state index contributed by atoms with van der Waals surface area (Å²) in [6.07, 6.45) is 1.96. The summed E-state index contributed by atoms with van der Waals surface area (Å²) in [4.78, 5) is 0.911. The van der Waals surface area contributed by atoms with Crippen LogP contribution in [0.3, 0.4) is 0 Å². The highest BCUT2D eigenvalue weighted by atomic mass is 35.5. The van der Waals surface area contributed by atoms with Gasteiger partial charge in [0.2, 0.25) is 0 Å². The number of nitrogen functional groups attached to an aromatic ring is 1. The number of anilines is 1. The van der Waals surface area contributed by atoms with Crippen LogP contribution in [0.2, 0.25) is 5.02 Å². The molecule has 0 aliphatic heterocycles. The van der Waals surface area contributed by atoms with E-state index in [1.54, 1.807) is 11.8 Å². The third kappa shape index (κ3) is 3.23. The highest BCUT2D eigenvalue weighted by molar-refractivity contribution is 7.98. The van der Waals surface area contributed by atoms with Gasteiger partial charge < -0.3 is 5.73 Å². The summed E-state index contributed by atoms with van der Waals surface area (Å²) < 4.78 is 1.87. The van der Waals surface area contributed by atoms with Crippen molar-refractivity contribution in [3.63, 3.8) is 0 Å². The van der Waals surface area contributed by atoms with Gasteiger partial charge in [0, 0.05) is 22.5 Å². The van der Waals surface area contributed by atoms with Crippen LogP contribution < -0.4 is 5.73 Å².